The number of methoxy groups -OCH3 is 2. The van der Waals surface area contributed by atoms with Gasteiger partial charge in [-0.1, -0.05) is 25.1 Å². The summed E-state index contributed by atoms with van der Waals surface area (Å²) in [5, 5.41) is 2.31. The van der Waals surface area contributed by atoms with Gasteiger partial charge in [0.2, 0.25) is 0 Å². The first-order valence-corrected chi connectivity index (χ1v) is 8.70. The second kappa shape index (κ2) is 5.58. The van der Waals surface area contributed by atoms with Gasteiger partial charge in [-0.2, -0.15) is 0 Å². The van der Waals surface area contributed by atoms with Crippen molar-refractivity contribution in [1.29, 1.82) is 0 Å². The fraction of sp³-hybridized carbons (Fsp3) is 0.429. The van der Waals surface area contributed by atoms with Crippen LogP contribution < -0.4 is 4.74 Å². The Bertz CT molecular complexity index is 885. The molecule has 2 aliphatic carbocycles. The Morgan fingerprint density at radius 1 is 1.20 bits per heavy atom. The molecular weight excluding hydrogens is 316 g/mol. The SMILES string of the molecule is COC(=O)C1CC(=O)[C@@]2(C)CCc3c(ccc4cc(OC)ccc34)[C@H]12. The smallest absolute Gasteiger partial charge is 0.309 e. The van der Waals surface area contributed by atoms with Gasteiger partial charge in [0.1, 0.15) is 11.5 Å². The van der Waals surface area contributed by atoms with Crippen LogP contribution in [0.2, 0.25) is 0 Å². The van der Waals surface area contributed by atoms with Crippen LogP contribution in [-0.2, 0) is 20.7 Å². The molecule has 2 aromatic carbocycles. The van der Waals surface area contributed by atoms with E-state index in [0.29, 0.717) is 0 Å². The summed E-state index contributed by atoms with van der Waals surface area (Å²) in [5.41, 5.74) is 1.92. The molecule has 25 heavy (non-hydrogen) atoms. The van der Waals surface area contributed by atoms with E-state index in [1.807, 2.05) is 19.1 Å². The number of carbonyl (C=O) groups is 2. The van der Waals surface area contributed by atoms with Gasteiger partial charge in [-0.05, 0) is 46.9 Å². The van der Waals surface area contributed by atoms with Crippen LogP contribution in [0.5, 0.6) is 5.75 Å². The first-order valence-electron chi connectivity index (χ1n) is 8.70. The van der Waals surface area contributed by atoms with Crippen molar-refractivity contribution in [3.63, 3.8) is 0 Å². The van der Waals surface area contributed by atoms with Crippen LogP contribution in [0, 0.1) is 11.3 Å². The number of ether oxygens (including phenoxy) is 2. The summed E-state index contributed by atoms with van der Waals surface area (Å²) in [6.45, 7) is 2.02. The lowest BCUT2D eigenvalue weighted by molar-refractivity contribution is -0.146. The van der Waals surface area contributed by atoms with Crippen molar-refractivity contribution in [3.05, 3.63) is 41.5 Å². The molecule has 0 bridgehead atoms. The Morgan fingerprint density at radius 3 is 2.72 bits per heavy atom. The molecule has 0 heterocycles. The summed E-state index contributed by atoms with van der Waals surface area (Å²) in [5.74, 6) is 0.273. The molecular formula is C21H22O4. The van der Waals surface area contributed by atoms with Crippen molar-refractivity contribution in [2.75, 3.05) is 14.2 Å². The van der Waals surface area contributed by atoms with E-state index in [4.69, 9.17) is 9.47 Å². The van der Waals surface area contributed by atoms with Crippen LogP contribution >= 0.6 is 0 Å². The predicted octanol–water partition coefficient (Wildman–Crippen LogP) is 3.65. The molecule has 2 aliphatic rings. The Balaban J connectivity index is 1.90. The summed E-state index contributed by atoms with van der Waals surface area (Å²) in [7, 11) is 3.06. The third-order valence-corrected chi connectivity index (χ3v) is 6.24. The lowest BCUT2D eigenvalue weighted by Gasteiger charge is -2.38. The third kappa shape index (κ3) is 2.20. The van der Waals surface area contributed by atoms with Gasteiger partial charge in [0.05, 0.1) is 20.1 Å². The standard InChI is InChI=1S/C21H22O4/c1-21-9-8-15-14-7-5-13(24-2)10-12(14)4-6-16(15)19(21)17(11-18(21)22)20(23)25-3/h4-7,10,17,19H,8-9,11H2,1-3H3/t17?,19-,21-/m1/s1. The highest BCUT2D eigenvalue weighted by molar-refractivity contribution is 5.96. The number of hydrogen-bond donors (Lipinski definition) is 0. The second-order valence-corrected chi connectivity index (χ2v) is 7.37. The first kappa shape index (κ1) is 16.1. The van der Waals surface area contributed by atoms with Gasteiger partial charge in [0.25, 0.3) is 0 Å². The average molecular weight is 338 g/mol. The minimum atomic E-state index is -0.466. The highest BCUT2D eigenvalue weighted by Gasteiger charge is 2.56. The fourth-order valence-electron chi connectivity index (χ4n) is 4.87. The molecule has 0 N–H and O–H groups in total. The average Bonchev–Trinajstić information content (AvgIpc) is 2.91. The van der Waals surface area contributed by atoms with E-state index in [-0.39, 0.29) is 30.0 Å². The van der Waals surface area contributed by atoms with Crippen molar-refractivity contribution >= 4 is 22.5 Å². The maximum atomic E-state index is 12.7. The van der Waals surface area contributed by atoms with Gasteiger partial charge < -0.3 is 9.47 Å². The zero-order chi connectivity index (χ0) is 17.8. The van der Waals surface area contributed by atoms with E-state index < -0.39 is 5.41 Å². The number of aryl methyl sites for hydroxylation is 1. The van der Waals surface area contributed by atoms with Gasteiger partial charge in [0.15, 0.2) is 0 Å². The lowest BCUT2D eigenvalue weighted by atomic mass is 9.64. The van der Waals surface area contributed by atoms with Crippen LogP contribution in [0.4, 0.5) is 0 Å². The molecule has 1 fully saturated rings. The van der Waals surface area contributed by atoms with E-state index in [2.05, 4.69) is 18.2 Å². The van der Waals surface area contributed by atoms with Gasteiger partial charge in [0, 0.05) is 17.8 Å². The first-order chi connectivity index (χ1) is 12.0. The molecule has 4 nitrogen and oxygen atoms in total. The molecule has 0 aliphatic heterocycles. The summed E-state index contributed by atoms with van der Waals surface area (Å²) in [6, 6.07) is 10.2. The molecule has 130 valence electrons. The van der Waals surface area contributed by atoms with Crippen LogP contribution in [0.3, 0.4) is 0 Å². The number of carbonyl (C=O) groups excluding carboxylic acids is 2. The number of benzene rings is 2. The van der Waals surface area contributed by atoms with E-state index in [1.54, 1.807) is 7.11 Å². The maximum Gasteiger partial charge on any atom is 0.309 e. The number of hydrogen-bond acceptors (Lipinski definition) is 4. The van der Waals surface area contributed by atoms with E-state index in [1.165, 1.54) is 18.1 Å². The molecule has 0 radical (unpaired) electrons. The predicted molar refractivity (Wildman–Crippen MR) is 94.8 cm³/mol. The minimum Gasteiger partial charge on any atom is -0.497 e. The minimum absolute atomic E-state index is 0.0947. The molecule has 1 saturated carbocycles. The maximum absolute atomic E-state index is 12.7. The number of fused-ring (bicyclic) bond motifs is 5. The number of ketones is 1. The molecule has 0 saturated heterocycles. The van der Waals surface area contributed by atoms with Crippen molar-refractivity contribution in [3.8, 4) is 5.75 Å². The highest BCUT2D eigenvalue weighted by atomic mass is 16.5. The summed E-state index contributed by atoms with van der Waals surface area (Å²) >= 11 is 0. The summed E-state index contributed by atoms with van der Waals surface area (Å²) < 4.78 is 10.3. The normalized spacial score (nSPS) is 27.7. The topological polar surface area (TPSA) is 52.6 Å². The zero-order valence-electron chi connectivity index (χ0n) is 14.8. The molecule has 4 heteroatoms. The Kier molecular flexibility index (Phi) is 3.60. The number of Topliss-reactive ketones (excluding diaryl/α,β-unsaturated/α-hetero) is 1. The third-order valence-electron chi connectivity index (χ3n) is 6.24. The lowest BCUT2D eigenvalue weighted by Crippen LogP contribution is -2.35. The number of rotatable bonds is 2. The van der Waals surface area contributed by atoms with E-state index in [0.717, 1.165) is 29.5 Å². The van der Waals surface area contributed by atoms with Gasteiger partial charge in [-0.15, -0.1) is 0 Å². The monoisotopic (exact) mass is 338 g/mol. The number of esters is 1. The van der Waals surface area contributed by atoms with Gasteiger partial charge in [-0.3, -0.25) is 9.59 Å². The van der Waals surface area contributed by atoms with Crippen molar-refractivity contribution in [2.24, 2.45) is 11.3 Å². The van der Waals surface area contributed by atoms with Crippen molar-refractivity contribution in [1.82, 2.24) is 0 Å². The van der Waals surface area contributed by atoms with Crippen LogP contribution in [-0.4, -0.2) is 26.0 Å². The van der Waals surface area contributed by atoms with E-state index >= 15 is 0 Å². The second-order valence-electron chi connectivity index (χ2n) is 7.37. The molecule has 4 rings (SSSR count). The Hall–Kier alpha value is -2.36. The van der Waals surface area contributed by atoms with Crippen LogP contribution in [0.15, 0.2) is 30.3 Å². The summed E-state index contributed by atoms with van der Waals surface area (Å²) in [6.07, 6.45) is 1.92. The van der Waals surface area contributed by atoms with Crippen molar-refractivity contribution in [2.45, 2.75) is 32.1 Å². The van der Waals surface area contributed by atoms with E-state index in [9.17, 15) is 9.59 Å². The fourth-order valence-corrected chi connectivity index (χ4v) is 4.87. The highest BCUT2D eigenvalue weighted by Crippen LogP contribution is 2.57. The van der Waals surface area contributed by atoms with Gasteiger partial charge >= 0.3 is 5.97 Å². The molecule has 0 aromatic heterocycles. The largest absolute Gasteiger partial charge is 0.497 e. The van der Waals surface area contributed by atoms with Gasteiger partial charge in [-0.25, -0.2) is 0 Å². The Morgan fingerprint density at radius 2 is 2.00 bits per heavy atom. The Labute approximate surface area is 147 Å². The van der Waals surface area contributed by atoms with Crippen molar-refractivity contribution < 1.29 is 19.1 Å². The molecule has 2 aromatic rings. The molecule has 0 spiro atoms. The van der Waals surface area contributed by atoms with Crippen LogP contribution in [0.1, 0.15) is 36.8 Å². The van der Waals surface area contributed by atoms with Crippen LogP contribution in [0.25, 0.3) is 10.8 Å². The quantitative estimate of drug-likeness (QED) is 0.785. The molecule has 3 atom stereocenters. The molecule has 0 amide bonds. The zero-order valence-corrected chi connectivity index (χ0v) is 14.8. The summed E-state index contributed by atoms with van der Waals surface area (Å²) in [4.78, 5) is 25.0. The molecule has 1 unspecified atom stereocenters.